The first kappa shape index (κ1) is 14.3. The molecule has 0 bridgehead atoms. The summed E-state index contributed by atoms with van der Waals surface area (Å²) in [7, 11) is 1.40. The van der Waals surface area contributed by atoms with Gasteiger partial charge in [0, 0.05) is 26.1 Å². The molecule has 2 fully saturated rings. The van der Waals surface area contributed by atoms with Crippen LogP contribution in [0.4, 0.5) is 0 Å². The van der Waals surface area contributed by atoms with E-state index in [9.17, 15) is 9.59 Å². The molecule has 2 aliphatic heterocycles. The number of esters is 1. The highest BCUT2D eigenvalue weighted by Gasteiger charge is 2.37. The summed E-state index contributed by atoms with van der Waals surface area (Å²) >= 11 is 0. The van der Waals surface area contributed by atoms with Crippen molar-refractivity contribution in [2.75, 3.05) is 26.8 Å². The molecule has 0 radical (unpaired) electrons. The second kappa shape index (κ2) is 6.37. The first-order valence-corrected chi connectivity index (χ1v) is 7.09. The van der Waals surface area contributed by atoms with Crippen LogP contribution in [-0.4, -0.2) is 49.7 Å². The Morgan fingerprint density at radius 2 is 2.16 bits per heavy atom. The van der Waals surface area contributed by atoms with Crippen molar-refractivity contribution in [3.63, 3.8) is 0 Å². The Morgan fingerprint density at radius 1 is 1.37 bits per heavy atom. The van der Waals surface area contributed by atoms with Gasteiger partial charge in [-0.05, 0) is 25.2 Å². The Labute approximate surface area is 114 Å². The smallest absolute Gasteiger partial charge is 0.310 e. The summed E-state index contributed by atoms with van der Waals surface area (Å²) in [5, 5.41) is 0. The van der Waals surface area contributed by atoms with Crippen LogP contribution in [0.15, 0.2) is 0 Å². The number of hydrogen-bond acceptors (Lipinski definition) is 4. The summed E-state index contributed by atoms with van der Waals surface area (Å²) in [6, 6.07) is 0. The van der Waals surface area contributed by atoms with E-state index < -0.39 is 0 Å². The van der Waals surface area contributed by atoms with Gasteiger partial charge in [0.2, 0.25) is 5.91 Å². The Hall–Kier alpha value is -1.10. The lowest BCUT2D eigenvalue weighted by atomic mass is 9.99. The van der Waals surface area contributed by atoms with E-state index in [1.54, 1.807) is 4.90 Å². The third-order valence-corrected chi connectivity index (χ3v) is 4.17. The standard InChI is InChI=1S/C14H23NO4/c1-10-8-15(9-12(10)14(17)18-2)13(16)6-5-11-4-3-7-19-11/h10-12H,3-9H2,1-2H3. The molecule has 2 rings (SSSR count). The molecule has 1 amide bonds. The van der Waals surface area contributed by atoms with Gasteiger partial charge in [0.15, 0.2) is 0 Å². The molecule has 5 heteroatoms. The lowest BCUT2D eigenvalue weighted by molar-refractivity contribution is -0.146. The maximum absolute atomic E-state index is 12.1. The van der Waals surface area contributed by atoms with Crippen molar-refractivity contribution in [2.45, 2.75) is 38.7 Å². The molecule has 0 aromatic carbocycles. The molecule has 0 spiro atoms. The Morgan fingerprint density at radius 3 is 2.79 bits per heavy atom. The second-order valence-electron chi connectivity index (χ2n) is 5.58. The number of carbonyl (C=O) groups excluding carboxylic acids is 2. The minimum atomic E-state index is -0.207. The number of rotatable bonds is 4. The van der Waals surface area contributed by atoms with Gasteiger partial charge in [0.05, 0.1) is 19.1 Å². The van der Waals surface area contributed by atoms with Crippen LogP contribution < -0.4 is 0 Å². The fourth-order valence-corrected chi connectivity index (χ4v) is 2.94. The lowest BCUT2D eigenvalue weighted by Crippen LogP contribution is -2.30. The van der Waals surface area contributed by atoms with E-state index in [-0.39, 0.29) is 29.8 Å². The van der Waals surface area contributed by atoms with Gasteiger partial charge in [-0.15, -0.1) is 0 Å². The summed E-state index contributed by atoms with van der Waals surface area (Å²) in [5.74, 6) is -0.0634. The molecule has 2 heterocycles. The van der Waals surface area contributed by atoms with Crippen molar-refractivity contribution in [3.8, 4) is 0 Å². The first-order chi connectivity index (χ1) is 9.11. The average Bonchev–Trinajstić information content (AvgIpc) is 3.04. The number of methoxy groups -OCH3 is 1. The minimum Gasteiger partial charge on any atom is -0.469 e. The van der Waals surface area contributed by atoms with Gasteiger partial charge in [-0.1, -0.05) is 6.92 Å². The van der Waals surface area contributed by atoms with E-state index >= 15 is 0 Å². The number of ether oxygens (including phenoxy) is 2. The van der Waals surface area contributed by atoms with E-state index in [2.05, 4.69) is 0 Å². The van der Waals surface area contributed by atoms with Gasteiger partial charge >= 0.3 is 5.97 Å². The molecule has 2 aliphatic rings. The van der Waals surface area contributed by atoms with E-state index in [0.717, 1.165) is 25.9 Å². The van der Waals surface area contributed by atoms with Gasteiger partial charge < -0.3 is 14.4 Å². The van der Waals surface area contributed by atoms with Crippen LogP contribution in [0.2, 0.25) is 0 Å². The van der Waals surface area contributed by atoms with Crippen molar-refractivity contribution in [1.29, 1.82) is 0 Å². The zero-order chi connectivity index (χ0) is 13.8. The summed E-state index contributed by atoms with van der Waals surface area (Å²) in [5.41, 5.74) is 0. The Balaban J connectivity index is 1.78. The van der Waals surface area contributed by atoms with Gasteiger partial charge in [-0.25, -0.2) is 0 Å². The highest BCUT2D eigenvalue weighted by Crippen LogP contribution is 2.25. The molecular formula is C14H23NO4. The van der Waals surface area contributed by atoms with Crippen LogP contribution >= 0.6 is 0 Å². The number of nitrogens with zero attached hydrogens (tertiary/aromatic N) is 1. The fraction of sp³-hybridized carbons (Fsp3) is 0.857. The molecule has 3 atom stereocenters. The van der Waals surface area contributed by atoms with Gasteiger partial charge in [-0.3, -0.25) is 9.59 Å². The van der Waals surface area contributed by atoms with Gasteiger partial charge in [0.1, 0.15) is 0 Å². The number of amides is 1. The molecule has 19 heavy (non-hydrogen) atoms. The molecule has 3 unspecified atom stereocenters. The minimum absolute atomic E-state index is 0.133. The highest BCUT2D eigenvalue weighted by molar-refractivity contribution is 5.79. The number of hydrogen-bond donors (Lipinski definition) is 0. The monoisotopic (exact) mass is 269 g/mol. The maximum atomic E-state index is 12.1. The Kier molecular flexibility index (Phi) is 4.80. The number of likely N-dealkylation sites (tertiary alicyclic amines) is 1. The van der Waals surface area contributed by atoms with Crippen LogP contribution in [0.5, 0.6) is 0 Å². The maximum Gasteiger partial charge on any atom is 0.310 e. The first-order valence-electron chi connectivity index (χ1n) is 7.09. The summed E-state index contributed by atoms with van der Waals surface area (Å²) in [4.78, 5) is 25.5. The SMILES string of the molecule is COC(=O)C1CN(C(=O)CCC2CCCO2)CC1C. The van der Waals surface area contributed by atoms with Crippen LogP contribution in [0.3, 0.4) is 0 Å². The molecule has 0 aromatic rings. The third kappa shape index (κ3) is 3.47. The molecular weight excluding hydrogens is 246 g/mol. The quantitative estimate of drug-likeness (QED) is 0.720. The summed E-state index contributed by atoms with van der Waals surface area (Å²) in [6.07, 6.45) is 3.73. The average molecular weight is 269 g/mol. The van der Waals surface area contributed by atoms with Crippen molar-refractivity contribution in [2.24, 2.45) is 11.8 Å². The van der Waals surface area contributed by atoms with Gasteiger partial charge in [-0.2, -0.15) is 0 Å². The molecule has 108 valence electrons. The normalized spacial score (nSPS) is 30.6. The molecule has 0 aliphatic carbocycles. The predicted molar refractivity (Wildman–Crippen MR) is 69.5 cm³/mol. The van der Waals surface area contributed by atoms with Crippen LogP contribution in [0, 0.1) is 11.8 Å². The van der Waals surface area contributed by atoms with E-state index in [1.807, 2.05) is 6.92 Å². The van der Waals surface area contributed by atoms with Crippen LogP contribution in [0.25, 0.3) is 0 Å². The van der Waals surface area contributed by atoms with Crippen molar-refractivity contribution < 1.29 is 19.1 Å². The highest BCUT2D eigenvalue weighted by atomic mass is 16.5. The summed E-state index contributed by atoms with van der Waals surface area (Å²) in [6.45, 7) is 3.97. The molecule has 0 saturated carbocycles. The Bertz CT molecular complexity index is 338. The van der Waals surface area contributed by atoms with E-state index in [4.69, 9.17) is 9.47 Å². The molecule has 0 N–H and O–H groups in total. The van der Waals surface area contributed by atoms with Gasteiger partial charge in [0.25, 0.3) is 0 Å². The van der Waals surface area contributed by atoms with Crippen LogP contribution in [-0.2, 0) is 19.1 Å². The van der Waals surface area contributed by atoms with E-state index in [1.165, 1.54) is 7.11 Å². The third-order valence-electron chi connectivity index (χ3n) is 4.17. The number of carbonyl (C=O) groups is 2. The lowest BCUT2D eigenvalue weighted by Gasteiger charge is -2.17. The zero-order valence-corrected chi connectivity index (χ0v) is 11.8. The van der Waals surface area contributed by atoms with Crippen LogP contribution in [0.1, 0.15) is 32.6 Å². The molecule has 5 nitrogen and oxygen atoms in total. The van der Waals surface area contributed by atoms with Crippen molar-refractivity contribution in [3.05, 3.63) is 0 Å². The zero-order valence-electron chi connectivity index (χ0n) is 11.8. The molecule has 0 aromatic heterocycles. The summed E-state index contributed by atoms with van der Waals surface area (Å²) < 4.78 is 10.3. The van der Waals surface area contributed by atoms with Crippen molar-refractivity contribution in [1.82, 2.24) is 4.90 Å². The molecule has 2 saturated heterocycles. The van der Waals surface area contributed by atoms with E-state index in [0.29, 0.717) is 19.5 Å². The topological polar surface area (TPSA) is 55.8 Å². The van der Waals surface area contributed by atoms with Crippen molar-refractivity contribution >= 4 is 11.9 Å². The predicted octanol–water partition coefficient (Wildman–Crippen LogP) is 1.21. The largest absolute Gasteiger partial charge is 0.469 e. The fourth-order valence-electron chi connectivity index (χ4n) is 2.94. The second-order valence-corrected chi connectivity index (χ2v) is 5.58.